The number of nitrogens with zero attached hydrogens (tertiary/aromatic N) is 8. The Bertz CT molecular complexity index is 2950. The number of aromatic nitrogens is 8. The third-order valence-corrected chi connectivity index (χ3v) is 11.4. The number of carbonyl (C=O) groups excluding carboxylic acids is 2. The average molecular weight is 974 g/mol. The second-order valence-corrected chi connectivity index (χ2v) is 16.4. The summed E-state index contributed by atoms with van der Waals surface area (Å²) in [4.78, 5) is 49.4. The Labute approximate surface area is 431 Å². The van der Waals surface area contributed by atoms with Crippen LogP contribution < -0.4 is 5.11 Å². The number of cyclic esters (lactones) is 1. The number of carbonyl (C=O) groups is 2. The first kappa shape index (κ1) is 51.3. The van der Waals surface area contributed by atoms with Crippen LogP contribution in [0.5, 0.6) is 0 Å². The summed E-state index contributed by atoms with van der Waals surface area (Å²) >= 11 is 0. The second-order valence-electron chi connectivity index (χ2n) is 16.4. The molecule has 3 N–H and O–H groups in total. The van der Waals surface area contributed by atoms with E-state index in [1.165, 1.54) is 36.9 Å². The van der Waals surface area contributed by atoms with Crippen LogP contribution in [0, 0.1) is 11.6 Å². The standard InChI is InChI=1S/C26H25FN4O4.C26H23FN4O3.Ca/c27-19-8-6-17(7-9-19)24-25(22-10-12-28-16-29-22)31(26(30-24)18-4-2-1-3-5-18)13-11-20(32)14-21(33)15-23(34)35;27-19-8-6-17(7-9-19)24-25(22-10-12-28-16-29-22)31(26(30-24)18-4-2-1-3-5-18)13-11-21-14-20(32)15-23(33)34-21;/h1-10,12,16,20-21,32-33H,11,13-15H2,(H,34,35);1-10,12,16,20-21,32H,11,13-15H2;/q;;+2/p-1/t2*20-,21-;/m11./s1. The predicted molar refractivity (Wildman–Crippen MR) is 255 cm³/mol. The number of halogens is 2. The molecule has 0 unspecified atom stereocenters. The molecule has 8 aromatic rings. The van der Waals surface area contributed by atoms with Crippen LogP contribution in [0.2, 0.25) is 0 Å². The van der Waals surface area contributed by atoms with Gasteiger partial charge in [-0.25, -0.2) is 38.7 Å². The number of rotatable bonds is 16. The van der Waals surface area contributed by atoms with Crippen molar-refractivity contribution in [3.05, 3.63) is 158 Å². The zero-order valence-corrected chi connectivity index (χ0v) is 40.0. The number of ether oxygens (including phenoxy) is 1. The van der Waals surface area contributed by atoms with Crippen LogP contribution in [0.15, 0.2) is 146 Å². The molecule has 0 spiro atoms. The quantitative estimate of drug-likeness (QED) is 0.0713. The largest absolute Gasteiger partial charge is 2.00 e. The van der Waals surface area contributed by atoms with Gasteiger partial charge in [0.05, 0.1) is 58.9 Å². The molecule has 352 valence electrons. The maximum Gasteiger partial charge on any atom is 2.00 e. The first-order chi connectivity index (χ1) is 33.5. The zero-order valence-electron chi connectivity index (χ0n) is 37.8. The molecular weight excluding hydrogens is 927 g/mol. The van der Waals surface area contributed by atoms with Gasteiger partial charge in [0, 0.05) is 73.0 Å². The van der Waals surface area contributed by atoms with Crippen molar-refractivity contribution in [1.82, 2.24) is 39.0 Å². The molecule has 18 heteroatoms. The number of benzene rings is 4. The Balaban J connectivity index is 0.000000203. The van der Waals surface area contributed by atoms with Crippen LogP contribution in [0.4, 0.5) is 8.78 Å². The Morgan fingerprint density at radius 1 is 0.686 bits per heavy atom. The van der Waals surface area contributed by atoms with E-state index in [1.54, 1.807) is 48.8 Å². The van der Waals surface area contributed by atoms with Gasteiger partial charge >= 0.3 is 43.7 Å². The van der Waals surface area contributed by atoms with Crippen molar-refractivity contribution in [1.29, 1.82) is 0 Å². The van der Waals surface area contributed by atoms with Crippen LogP contribution in [-0.4, -0.2) is 128 Å². The van der Waals surface area contributed by atoms with Gasteiger partial charge in [-0.15, -0.1) is 0 Å². The number of carboxylic acid groups (broad SMARTS) is 1. The molecule has 0 radical (unpaired) electrons. The summed E-state index contributed by atoms with van der Waals surface area (Å²) in [6.45, 7) is 0.777. The van der Waals surface area contributed by atoms with Gasteiger partial charge in [-0.05, 0) is 73.5 Å². The van der Waals surface area contributed by atoms with E-state index in [1.807, 2.05) is 69.8 Å². The van der Waals surface area contributed by atoms with Gasteiger partial charge in [-0.3, -0.25) is 4.79 Å². The Kier molecular flexibility index (Phi) is 17.8. The third-order valence-electron chi connectivity index (χ3n) is 11.4. The van der Waals surface area contributed by atoms with Crippen LogP contribution in [0.1, 0.15) is 38.5 Å². The maximum absolute atomic E-state index is 13.7. The summed E-state index contributed by atoms with van der Waals surface area (Å²) < 4.78 is 36.7. The molecule has 0 aliphatic carbocycles. The van der Waals surface area contributed by atoms with E-state index in [-0.39, 0.29) is 74.6 Å². The summed E-state index contributed by atoms with van der Waals surface area (Å²) in [5.41, 5.74) is 7.15. The molecular formula is C52H47CaF2N8O7+. The monoisotopic (exact) mass is 973 g/mol. The number of aliphatic hydroxyl groups excluding tert-OH is 3. The van der Waals surface area contributed by atoms with E-state index >= 15 is 0 Å². The van der Waals surface area contributed by atoms with Crippen molar-refractivity contribution in [2.45, 2.75) is 76.0 Å². The topological polar surface area (TPSA) is 214 Å². The van der Waals surface area contributed by atoms with Crippen molar-refractivity contribution in [3.8, 4) is 68.1 Å². The van der Waals surface area contributed by atoms with E-state index in [4.69, 9.17) is 14.7 Å². The van der Waals surface area contributed by atoms with Crippen LogP contribution in [-0.2, 0) is 27.4 Å². The molecule has 0 amide bonds. The van der Waals surface area contributed by atoms with E-state index in [0.717, 1.165) is 28.2 Å². The summed E-state index contributed by atoms with van der Waals surface area (Å²) in [5.74, 6) is -1.11. The van der Waals surface area contributed by atoms with Gasteiger partial charge < -0.3 is 39.1 Å². The number of carboxylic acids is 1. The molecule has 1 aliphatic heterocycles. The van der Waals surface area contributed by atoms with Gasteiger partial charge in [0.1, 0.15) is 42.0 Å². The molecule has 0 bridgehead atoms. The molecule has 1 fully saturated rings. The van der Waals surface area contributed by atoms with E-state index in [9.17, 15) is 38.8 Å². The zero-order chi connectivity index (χ0) is 48.3. The van der Waals surface area contributed by atoms with Crippen molar-refractivity contribution in [2.75, 3.05) is 0 Å². The molecule has 15 nitrogen and oxygen atoms in total. The molecule has 1 saturated heterocycles. The number of esters is 1. The van der Waals surface area contributed by atoms with Crippen molar-refractivity contribution >= 4 is 49.7 Å². The molecule has 4 aromatic heterocycles. The van der Waals surface area contributed by atoms with Crippen molar-refractivity contribution < 1.29 is 43.5 Å². The summed E-state index contributed by atoms with van der Waals surface area (Å²) in [6.07, 6.45) is 3.43. The number of aliphatic carboxylic acids is 1. The van der Waals surface area contributed by atoms with Gasteiger partial charge in [0.2, 0.25) is 0 Å². The SMILES string of the molecule is O=C([O-])C[C@H](O)C[C@H](O)CCn1c(-c2ccccc2)nc(-c2ccc(F)cc2)c1-c1ccncn1.O=C1C[C@H](O)C[C@@H](CCn2c(-c3ccccc3)nc(-c3ccc(F)cc3)c2-c2ccncn2)O1.[Ca+2]. The fourth-order valence-corrected chi connectivity index (χ4v) is 8.25. The Hall–Kier alpha value is -6.60. The number of hydrogen-bond acceptors (Lipinski definition) is 13. The fraction of sp³-hybridized carbons (Fsp3) is 0.231. The van der Waals surface area contributed by atoms with E-state index in [0.29, 0.717) is 65.8 Å². The average Bonchev–Trinajstić information content (AvgIpc) is 3.93. The number of aliphatic hydroxyl groups is 3. The molecule has 9 rings (SSSR count). The summed E-state index contributed by atoms with van der Waals surface area (Å²) in [5, 5.41) is 41.1. The van der Waals surface area contributed by atoms with Gasteiger partial charge in [0.15, 0.2) is 0 Å². The first-order valence-electron chi connectivity index (χ1n) is 22.3. The molecule has 0 saturated carbocycles. The molecule has 5 heterocycles. The second kappa shape index (κ2) is 24.3. The normalized spacial score (nSPS) is 15.2. The molecule has 4 atom stereocenters. The molecule has 70 heavy (non-hydrogen) atoms. The summed E-state index contributed by atoms with van der Waals surface area (Å²) in [7, 11) is 0. The van der Waals surface area contributed by atoms with Gasteiger partial charge in [-0.1, -0.05) is 60.7 Å². The minimum absolute atomic E-state index is 0. The Morgan fingerprint density at radius 3 is 1.61 bits per heavy atom. The first-order valence-corrected chi connectivity index (χ1v) is 22.3. The van der Waals surface area contributed by atoms with E-state index in [2.05, 4.69) is 19.9 Å². The van der Waals surface area contributed by atoms with Crippen molar-refractivity contribution in [2.24, 2.45) is 0 Å². The van der Waals surface area contributed by atoms with Crippen LogP contribution in [0.25, 0.3) is 68.1 Å². The smallest absolute Gasteiger partial charge is 0.550 e. The summed E-state index contributed by atoms with van der Waals surface area (Å²) in [6, 6.07) is 35.0. The van der Waals surface area contributed by atoms with Gasteiger partial charge in [0.25, 0.3) is 0 Å². The van der Waals surface area contributed by atoms with Crippen LogP contribution in [0.3, 0.4) is 0 Å². The number of hydrogen-bond donors (Lipinski definition) is 3. The molecule has 1 aliphatic rings. The fourth-order valence-electron chi connectivity index (χ4n) is 8.25. The third kappa shape index (κ3) is 13.0. The maximum atomic E-state index is 13.7. The minimum atomic E-state index is -1.37. The van der Waals surface area contributed by atoms with Crippen molar-refractivity contribution in [3.63, 3.8) is 0 Å². The predicted octanol–water partition coefficient (Wildman–Crippen LogP) is 6.34. The minimum Gasteiger partial charge on any atom is -0.550 e. The Morgan fingerprint density at radius 2 is 1.17 bits per heavy atom. The van der Waals surface area contributed by atoms with E-state index < -0.39 is 36.8 Å². The molecule has 4 aromatic carbocycles. The number of imidazole rings is 2. The van der Waals surface area contributed by atoms with Gasteiger partial charge in [-0.2, -0.15) is 0 Å². The van der Waals surface area contributed by atoms with Crippen LogP contribution >= 0.6 is 0 Å².